The number of hydrogen-bond donors (Lipinski definition) is 2. The molecule has 6 heteroatoms. The minimum absolute atomic E-state index is 0.122. The van der Waals surface area contributed by atoms with Crippen LogP contribution in [-0.2, 0) is 0 Å². The van der Waals surface area contributed by atoms with Crippen LogP contribution in [0.5, 0.6) is 0 Å². The van der Waals surface area contributed by atoms with Gasteiger partial charge in [-0.1, -0.05) is 0 Å². The molecule has 1 aromatic carbocycles. The van der Waals surface area contributed by atoms with Gasteiger partial charge < -0.3 is 11.1 Å². The lowest BCUT2D eigenvalue weighted by molar-refractivity contribution is 0.0956. The fraction of sp³-hybridized carbons (Fsp3) is 0.267. The Balaban J connectivity index is 2.23. The molecule has 21 heavy (non-hydrogen) atoms. The smallest absolute Gasteiger partial charge is 0.251 e. The molecule has 1 amide bonds. The van der Waals surface area contributed by atoms with Crippen molar-refractivity contribution in [2.75, 3.05) is 12.3 Å². The molecular weight excluding hydrogens is 284 g/mol. The molecular formula is C15H18N4OS. The van der Waals surface area contributed by atoms with E-state index in [0.29, 0.717) is 23.0 Å². The van der Waals surface area contributed by atoms with Gasteiger partial charge in [-0.05, 0) is 56.8 Å². The topological polar surface area (TPSA) is 80.9 Å². The van der Waals surface area contributed by atoms with Crippen molar-refractivity contribution < 1.29 is 4.79 Å². The predicted octanol–water partition coefficient (Wildman–Crippen LogP) is 2.58. The average molecular weight is 302 g/mol. The van der Waals surface area contributed by atoms with Crippen LogP contribution in [0.2, 0.25) is 0 Å². The van der Waals surface area contributed by atoms with Crippen LogP contribution in [0.25, 0.3) is 0 Å². The third-order valence-electron chi connectivity index (χ3n) is 2.77. The quantitative estimate of drug-likeness (QED) is 0.670. The van der Waals surface area contributed by atoms with Gasteiger partial charge in [0.2, 0.25) is 0 Å². The molecule has 0 atom stereocenters. The zero-order valence-corrected chi connectivity index (χ0v) is 13.1. The summed E-state index contributed by atoms with van der Waals surface area (Å²) < 4.78 is 0. The molecule has 0 fully saturated rings. The van der Waals surface area contributed by atoms with Gasteiger partial charge in [0, 0.05) is 34.1 Å². The summed E-state index contributed by atoms with van der Waals surface area (Å²) in [6.07, 6.45) is 0. The normalized spacial score (nSPS) is 10.4. The van der Waals surface area contributed by atoms with Gasteiger partial charge in [-0.3, -0.25) is 4.79 Å². The van der Waals surface area contributed by atoms with E-state index in [9.17, 15) is 4.79 Å². The molecule has 110 valence electrons. The molecule has 0 bridgehead atoms. The standard InChI is InChI=1S/C15H18N4OS/c1-4-17-14(20)11-5-6-13(12(16)8-11)21-15-18-9(2)7-10(3)19-15/h5-8H,4,16H2,1-3H3,(H,17,20). The summed E-state index contributed by atoms with van der Waals surface area (Å²) in [6.45, 7) is 6.33. The number of hydrogen-bond acceptors (Lipinski definition) is 5. The first kappa shape index (κ1) is 15.3. The van der Waals surface area contributed by atoms with Crippen LogP contribution in [0.15, 0.2) is 34.3 Å². The molecule has 1 aromatic heterocycles. The van der Waals surface area contributed by atoms with Gasteiger partial charge in [-0.15, -0.1) is 0 Å². The van der Waals surface area contributed by atoms with Gasteiger partial charge in [-0.25, -0.2) is 9.97 Å². The van der Waals surface area contributed by atoms with E-state index in [0.717, 1.165) is 16.3 Å². The van der Waals surface area contributed by atoms with Crippen LogP contribution >= 0.6 is 11.8 Å². The van der Waals surface area contributed by atoms with E-state index in [4.69, 9.17) is 5.73 Å². The Hall–Kier alpha value is -2.08. The highest BCUT2D eigenvalue weighted by atomic mass is 32.2. The van der Waals surface area contributed by atoms with Gasteiger partial charge in [0.25, 0.3) is 5.91 Å². The number of rotatable bonds is 4. The Morgan fingerprint density at radius 1 is 1.24 bits per heavy atom. The maximum Gasteiger partial charge on any atom is 0.251 e. The van der Waals surface area contributed by atoms with E-state index in [1.807, 2.05) is 32.9 Å². The van der Waals surface area contributed by atoms with E-state index < -0.39 is 0 Å². The molecule has 1 heterocycles. The largest absolute Gasteiger partial charge is 0.398 e. The van der Waals surface area contributed by atoms with E-state index >= 15 is 0 Å². The monoisotopic (exact) mass is 302 g/mol. The molecule has 2 rings (SSSR count). The fourth-order valence-corrected chi connectivity index (χ4v) is 2.77. The first-order valence-corrected chi connectivity index (χ1v) is 7.49. The minimum atomic E-state index is -0.122. The zero-order chi connectivity index (χ0) is 15.4. The number of nitrogens with two attached hydrogens (primary N) is 1. The molecule has 0 aliphatic carbocycles. The van der Waals surface area contributed by atoms with E-state index in [1.165, 1.54) is 11.8 Å². The van der Waals surface area contributed by atoms with E-state index in [2.05, 4.69) is 15.3 Å². The molecule has 0 saturated heterocycles. The van der Waals surface area contributed by atoms with Crippen molar-refractivity contribution in [1.29, 1.82) is 0 Å². The average Bonchev–Trinajstić information content (AvgIpc) is 2.40. The van der Waals surface area contributed by atoms with Crippen molar-refractivity contribution in [3.8, 4) is 0 Å². The number of nitrogens with one attached hydrogen (secondary N) is 1. The molecule has 0 saturated carbocycles. The number of carbonyl (C=O) groups is 1. The highest BCUT2D eigenvalue weighted by Gasteiger charge is 2.10. The summed E-state index contributed by atoms with van der Waals surface area (Å²) in [6, 6.07) is 7.18. The second-order valence-corrected chi connectivity index (χ2v) is 5.66. The van der Waals surface area contributed by atoms with Crippen LogP contribution in [0, 0.1) is 13.8 Å². The van der Waals surface area contributed by atoms with Crippen molar-refractivity contribution in [3.05, 3.63) is 41.2 Å². The van der Waals surface area contributed by atoms with Crippen LogP contribution in [0.3, 0.4) is 0 Å². The Kier molecular flexibility index (Phi) is 4.80. The number of anilines is 1. The summed E-state index contributed by atoms with van der Waals surface area (Å²) >= 11 is 1.40. The van der Waals surface area contributed by atoms with Crippen molar-refractivity contribution in [1.82, 2.24) is 15.3 Å². The lowest BCUT2D eigenvalue weighted by Crippen LogP contribution is -2.22. The van der Waals surface area contributed by atoms with E-state index in [-0.39, 0.29) is 5.91 Å². The molecule has 5 nitrogen and oxygen atoms in total. The third-order valence-corrected chi connectivity index (χ3v) is 3.73. The second kappa shape index (κ2) is 6.58. The molecule has 0 aliphatic heterocycles. The third kappa shape index (κ3) is 3.95. The zero-order valence-electron chi connectivity index (χ0n) is 12.3. The van der Waals surface area contributed by atoms with Gasteiger partial charge >= 0.3 is 0 Å². The highest BCUT2D eigenvalue weighted by Crippen LogP contribution is 2.30. The first-order chi connectivity index (χ1) is 9.99. The second-order valence-electron chi connectivity index (χ2n) is 4.65. The molecule has 0 unspecified atom stereocenters. The number of nitrogens with zero attached hydrogens (tertiary/aromatic N) is 2. The maximum absolute atomic E-state index is 11.8. The van der Waals surface area contributed by atoms with Crippen molar-refractivity contribution in [2.24, 2.45) is 0 Å². The van der Waals surface area contributed by atoms with Gasteiger partial charge in [-0.2, -0.15) is 0 Å². The number of nitrogen functional groups attached to an aromatic ring is 1. The summed E-state index contributed by atoms with van der Waals surface area (Å²) in [5, 5.41) is 3.40. The Bertz CT molecular complexity index is 652. The van der Waals surface area contributed by atoms with E-state index in [1.54, 1.807) is 12.1 Å². The summed E-state index contributed by atoms with van der Waals surface area (Å²) in [7, 11) is 0. The SMILES string of the molecule is CCNC(=O)c1ccc(Sc2nc(C)cc(C)n2)c(N)c1. The van der Waals surface area contributed by atoms with Crippen LogP contribution in [0.1, 0.15) is 28.7 Å². The first-order valence-electron chi connectivity index (χ1n) is 6.67. The Morgan fingerprint density at radius 3 is 2.48 bits per heavy atom. The summed E-state index contributed by atoms with van der Waals surface area (Å²) in [5.41, 5.74) is 8.96. The summed E-state index contributed by atoms with van der Waals surface area (Å²) in [5.74, 6) is -0.122. The van der Waals surface area contributed by atoms with Crippen molar-refractivity contribution in [2.45, 2.75) is 30.8 Å². The van der Waals surface area contributed by atoms with Crippen molar-refractivity contribution >= 4 is 23.4 Å². The number of amides is 1. The minimum Gasteiger partial charge on any atom is -0.398 e. The maximum atomic E-state index is 11.8. The molecule has 2 aromatic rings. The number of carbonyl (C=O) groups excluding carboxylic acids is 1. The predicted molar refractivity (Wildman–Crippen MR) is 84.5 cm³/mol. The van der Waals surface area contributed by atoms with Crippen LogP contribution in [-0.4, -0.2) is 22.4 Å². The number of aromatic nitrogens is 2. The lowest BCUT2D eigenvalue weighted by Gasteiger charge is -2.08. The molecule has 0 aliphatic rings. The number of aryl methyl sites for hydroxylation is 2. The molecule has 0 radical (unpaired) electrons. The van der Waals surface area contributed by atoms with Crippen LogP contribution in [0.4, 0.5) is 5.69 Å². The van der Waals surface area contributed by atoms with Crippen LogP contribution < -0.4 is 11.1 Å². The van der Waals surface area contributed by atoms with Crippen molar-refractivity contribution in [3.63, 3.8) is 0 Å². The summed E-state index contributed by atoms with van der Waals surface area (Å²) in [4.78, 5) is 21.3. The molecule has 3 N–H and O–H groups in total. The van der Waals surface area contributed by atoms with Gasteiger partial charge in [0.1, 0.15) is 0 Å². The number of benzene rings is 1. The van der Waals surface area contributed by atoms with Gasteiger partial charge in [0.15, 0.2) is 5.16 Å². The fourth-order valence-electron chi connectivity index (χ4n) is 1.88. The lowest BCUT2D eigenvalue weighted by atomic mass is 10.2. The molecule has 0 spiro atoms. The van der Waals surface area contributed by atoms with Gasteiger partial charge in [0.05, 0.1) is 0 Å². The highest BCUT2D eigenvalue weighted by molar-refractivity contribution is 7.99. The Morgan fingerprint density at radius 2 is 1.90 bits per heavy atom. The Labute approximate surface area is 128 Å².